The third-order valence-corrected chi connectivity index (χ3v) is 4.21. The maximum Gasteiger partial charge on any atom is 0.193 e. The van der Waals surface area contributed by atoms with E-state index in [0.29, 0.717) is 19.1 Å². The Hall–Kier alpha value is -1.77. The first kappa shape index (κ1) is 20.5. The number of aliphatic imine (C=N–C) groups is 1. The lowest BCUT2D eigenvalue weighted by atomic mass is 10.1. The van der Waals surface area contributed by atoms with E-state index in [1.807, 2.05) is 48.7 Å². The second kappa shape index (κ2) is 9.80. The Bertz CT molecular complexity index is 894. The van der Waals surface area contributed by atoms with Crippen molar-refractivity contribution in [2.45, 2.75) is 13.0 Å². The minimum atomic E-state index is 0. The van der Waals surface area contributed by atoms with Gasteiger partial charge in [0.15, 0.2) is 5.96 Å². The summed E-state index contributed by atoms with van der Waals surface area (Å²) >= 11 is 6.08. The number of fused-ring (bicyclic) bond motifs is 1. The zero-order chi connectivity index (χ0) is 17.6. The van der Waals surface area contributed by atoms with Gasteiger partial charge in [0.1, 0.15) is 0 Å². The maximum atomic E-state index is 6.08. The van der Waals surface area contributed by atoms with E-state index in [1.54, 1.807) is 7.11 Å². The monoisotopic (exact) mass is 484 g/mol. The highest BCUT2D eigenvalue weighted by Gasteiger charge is 2.05. The summed E-state index contributed by atoms with van der Waals surface area (Å²) in [7, 11) is 1.67. The lowest BCUT2D eigenvalue weighted by molar-refractivity contribution is 0.185. The molecule has 1 heterocycles. The number of ether oxygens (including phenoxy) is 1. The number of para-hydroxylation sites is 1. The number of aromatic amines is 1. The molecule has 2 aromatic carbocycles. The van der Waals surface area contributed by atoms with Crippen molar-refractivity contribution in [1.29, 1.82) is 0 Å². The highest BCUT2D eigenvalue weighted by atomic mass is 127. The second-order valence-corrected chi connectivity index (χ2v) is 6.17. The predicted octanol–water partition coefficient (Wildman–Crippen LogP) is 4.56. The predicted molar refractivity (Wildman–Crippen MR) is 120 cm³/mol. The van der Waals surface area contributed by atoms with Gasteiger partial charge in [-0.3, -0.25) is 4.99 Å². The van der Waals surface area contributed by atoms with Gasteiger partial charge in [0, 0.05) is 47.0 Å². The highest BCUT2D eigenvalue weighted by Crippen LogP contribution is 2.22. The molecule has 7 heteroatoms. The smallest absolute Gasteiger partial charge is 0.193 e. The van der Waals surface area contributed by atoms with E-state index in [4.69, 9.17) is 22.1 Å². The van der Waals surface area contributed by atoms with Crippen LogP contribution in [0.25, 0.3) is 10.9 Å². The molecule has 3 rings (SSSR count). The molecule has 0 bridgehead atoms. The zero-order valence-corrected chi connectivity index (χ0v) is 17.5. The van der Waals surface area contributed by atoms with Crippen LogP contribution in [0, 0.1) is 0 Å². The molecule has 0 saturated heterocycles. The third kappa shape index (κ3) is 5.12. The first-order valence-corrected chi connectivity index (χ1v) is 8.44. The molecule has 0 amide bonds. The normalized spacial score (nSPS) is 11.4. The number of anilines is 1. The van der Waals surface area contributed by atoms with Crippen molar-refractivity contribution >= 4 is 58.1 Å². The number of nitrogens with two attached hydrogens (primary N) is 1. The SMILES string of the molecule is COCc1ccccc1NC(N)=NCCc1c[nH]c2ccc(Cl)cc12.I. The molecule has 3 aromatic rings. The number of H-pyrrole nitrogens is 1. The van der Waals surface area contributed by atoms with Crippen molar-refractivity contribution < 1.29 is 4.74 Å². The van der Waals surface area contributed by atoms with Gasteiger partial charge in [-0.15, -0.1) is 24.0 Å². The molecule has 0 aliphatic heterocycles. The van der Waals surface area contributed by atoms with Crippen LogP contribution >= 0.6 is 35.6 Å². The van der Waals surface area contributed by atoms with Crippen LogP contribution in [-0.2, 0) is 17.8 Å². The molecular formula is C19H22ClIN4O. The number of halogens is 2. The van der Waals surface area contributed by atoms with Crippen LogP contribution < -0.4 is 11.1 Å². The summed E-state index contributed by atoms with van der Waals surface area (Å²) in [5, 5.41) is 4.99. The lowest BCUT2D eigenvalue weighted by Gasteiger charge is -2.10. The molecule has 0 radical (unpaired) electrons. The fourth-order valence-electron chi connectivity index (χ4n) is 2.76. The number of guanidine groups is 1. The van der Waals surface area contributed by atoms with Crippen LogP contribution in [0.3, 0.4) is 0 Å². The molecule has 4 N–H and O–H groups in total. The molecule has 0 aliphatic carbocycles. The number of benzene rings is 2. The average Bonchev–Trinajstić information content (AvgIpc) is 2.99. The van der Waals surface area contributed by atoms with Crippen LogP contribution in [0.5, 0.6) is 0 Å². The summed E-state index contributed by atoms with van der Waals surface area (Å²) in [6.45, 7) is 1.11. The standard InChI is InChI=1S/C19H21ClN4O.HI/c1-25-12-14-4-2-3-5-17(14)24-19(21)22-9-8-13-11-23-18-7-6-15(20)10-16(13)18;/h2-7,10-11,23H,8-9,12H2,1H3,(H3,21,22,24);1H. The number of nitrogens with one attached hydrogen (secondary N) is 2. The summed E-state index contributed by atoms with van der Waals surface area (Å²) in [5.41, 5.74) is 10.2. The topological polar surface area (TPSA) is 75.4 Å². The lowest BCUT2D eigenvalue weighted by Crippen LogP contribution is -2.23. The van der Waals surface area contributed by atoms with E-state index in [2.05, 4.69) is 15.3 Å². The zero-order valence-electron chi connectivity index (χ0n) is 14.5. The van der Waals surface area contributed by atoms with Crippen molar-refractivity contribution in [2.75, 3.05) is 19.0 Å². The first-order chi connectivity index (χ1) is 12.2. The number of hydrogen-bond acceptors (Lipinski definition) is 2. The fraction of sp³-hybridized carbons (Fsp3) is 0.211. The molecule has 5 nitrogen and oxygen atoms in total. The van der Waals surface area contributed by atoms with Crippen LogP contribution in [0.4, 0.5) is 5.69 Å². The van der Waals surface area contributed by atoms with E-state index in [1.165, 1.54) is 5.56 Å². The van der Waals surface area contributed by atoms with Gasteiger partial charge in [-0.05, 0) is 36.2 Å². The molecule has 0 spiro atoms. The molecule has 138 valence electrons. The van der Waals surface area contributed by atoms with E-state index in [-0.39, 0.29) is 24.0 Å². The molecule has 0 unspecified atom stereocenters. The average molecular weight is 485 g/mol. The Morgan fingerprint density at radius 3 is 2.85 bits per heavy atom. The van der Waals surface area contributed by atoms with Crippen LogP contribution in [0.15, 0.2) is 53.7 Å². The van der Waals surface area contributed by atoms with Gasteiger partial charge in [-0.25, -0.2) is 0 Å². The van der Waals surface area contributed by atoms with Crippen LogP contribution in [-0.4, -0.2) is 24.6 Å². The van der Waals surface area contributed by atoms with Crippen LogP contribution in [0.2, 0.25) is 5.02 Å². The molecule has 0 saturated carbocycles. The summed E-state index contributed by atoms with van der Waals surface area (Å²) in [4.78, 5) is 7.67. The van der Waals surface area contributed by atoms with Crippen molar-refractivity contribution in [1.82, 2.24) is 4.98 Å². The molecule has 0 aliphatic rings. The summed E-state index contributed by atoms with van der Waals surface area (Å²) in [5.74, 6) is 0.390. The van der Waals surface area contributed by atoms with Gasteiger partial charge in [0.2, 0.25) is 0 Å². The van der Waals surface area contributed by atoms with Crippen molar-refractivity contribution in [3.8, 4) is 0 Å². The van der Waals surface area contributed by atoms with Crippen molar-refractivity contribution in [2.24, 2.45) is 10.7 Å². The summed E-state index contributed by atoms with van der Waals surface area (Å²) in [6, 6.07) is 13.7. The van der Waals surface area contributed by atoms with Gasteiger partial charge in [0.25, 0.3) is 0 Å². The molecular weight excluding hydrogens is 463 g/mol. The van der Waals surface area contributed by atoms with E-state index in [9.17, 15) is 0 Å². The van der Waals surface area contributed by atoms with E-state index < -0.39 is 0 Å². The number of aromatic nitrogens is 1. The number of rotatable bonds is 6. The maximum absolute atomic E-state index is 6.08. The van der Waals surface area contributed by atoms with Gasteiger partial charge >= 0.3 is 0 Å². The molecule has 26 heavy (non-hydrogen) atoms. The van der Waals surface area contributed by atoms with Gasteiger partial charge in [0.05, 0.1) is 6.61 Å². The molecule has 0 fully saturated rings. The van der Waals surface area contributed by atoms with Crippen molar-refractivity contribution in [3.05, 3.63) is 64.8 Å². The van der Waals surface area contributed by atoms with Gasteiger partial charge in [-0.1, -0.05) is 29.8 Å². The quantitative estimate of drug-likeness (QED) is 0.273. The summed E-state index contributed by atoms with van der Waals surface area (Å²) < 4.78 is 5.20. The number of methoxy groups -OCH3 is 1. The highest BCUT2D eigenvalue weighted by molar-refractivity contribution is 14.0. The van der Waals surface area contributed by atoms with E-state index >= 15 is 0 Å². The Morgan fingerprint density at radius 1 is 1.23 bits per heavy atom. The summed E-state index contributed by atoms with van der Waals surface area (Å²) in [6.07, 6.45) is 2.77. The number of hydrogen-bond donors (Lipinski definition) is 3. The number of nitrogens with zero attached hydrogens (tertiary/aromatic N) is 1. The fourth-order valence-corrected chi connectivity index (χ4v) is 2.93. The Labute approximate surface area is 175 Å². The second-order valence-electron chi connectivity index (χ2n) is 5.74. The first-order valence-electron chi connectivity index (χ1n) is 8.06. The Morgan fingerprint density at radius 2 is 2.04 bits per heavy atom. The van der Waals surface area contributed by atoms with E-state index in [0.717, 1.165) is 33.6 Å². The molecule has 1 aromatic heterocycles. The van der Waals surface area contributed by atoms with Crippen molar-refractivity contribution in [3.63, 3.8) is 0 Å². The Balaban J connectivity index is 0.00000243. The third-order valence-electron chi connectivity index (χ3n) is 3.97. The largest absolute Gasteiger partial charge is 0.380 e. The van der Waals surface area contributed by atoms with Crippen LogP contribution in [0.1, 0.15) is 11.1 Å². The molecule has 0 atom stereocenters. The van der Waals surface area contributed by atoms with Gasteiger partial charge < -0.3 is 20.8 Å². The minimum absolute atomic E-state index is 0. The Kier molecular flexibility index (Phi) is 7.74. The minimum Gasteiger partial charge on any atom is -0.380 e. The van der Waals surface area contributed by atoms with Gasteiger partial charge in [-0.2, -0.15) is 0 Å².